The van der Waals surface area contributed by atoms with Crippen LogP contribution in [0.4, 0.5) is 0 Å². The summed E-state index contributed by atoms with van der Waals surface area (Å²) in [6.07, 6.45) is 26.1. The molecule has 0 rings (SSSR count). The molecule has 0 aromatic rings. The first-order chi connectivity index (χ1) is 27.5. The quantitative estimate of drug-likeness (QED) is 0.0113. The molecule has 0 heterocycles. The number of aliphatic hydroxyl groups is 3. The van der Waals surface area contributed by atoms with Crippen LogP contribution in [0.1, 0.15) is 143 Å². The van der Waals surface area contributed by atoms with Gasteiger partial charge in [-0.2, -0.15) is 0 Å². The van der Waals surface area contributed by atoms with Crippen LogP contribution in [-0.2, 0) is 41.8 Å². The Morgan fingerprint density at radius 3 is 1.79 bits per heavy atom. The summed E-state index contributed by atoms with van der Waals surface area (Å²) in [6.45, 7) is 3.67. The number of hydrogen-bond donors (Lipinski definition) is 6. The average Bonchev–Trinajstić information content (AvgIpc) is 3.15. The number of ether oxygens (including phenoxy) is 2. The molecule has 0 aromatic carbocycles. The van der Waals surface area contributed by atoms with E-state index in [4.69, 9.17) is 23.8 Å². The van der Waals surface area contributed by atoms with Crippen LogP contribution in [0.15, 0.2) is 48.6 Å². The summed E-state index contributed by atoms with van der Waals surface area (Å²) < 4.78 is 47.5. The van der Waals surface area contributed by atoms with Crippen molar-refractivity contribution in [3.8, 4) is 0 Å². The number of phosphoric ester groups is 2. The lowest BCUT2D eigenvalue weighted by Crippen LogP contribution is -2.30. The van der Waals surface area contributed by atoms with Crippen molar-refractivity contribution in [2.75, 3.05) is 26.4 Å². The number of aliphatic hydroxyl groups excluding tert-OH is 3. The van der Waals surface area contributed by atoms with E-state index < -0.39 is 78.4 Å². The van der Waals surface area contributed by atoms with E-state index in [1.807, 2.05) is 6.08 Å². The Hall–Kier alpha value is -2.00. The van der Waals surface area contributed by atoms with Crippen molar-refractivity contribution >= 4 is 27.6 Å². The van der Waals surface area contributed by atoms with E-state index in [1.165, 1.54) is 44.9 Å². The van der Waals surface area contributed by atoms with Crippen molar-refractivity contribution in [2.24, 2.45) is 5.92 Å². The molecule has 0 radical (unpaired) electrons. The Kier molecular flexibility index (Phi) is 34.5. The molecule has 0 fully saturated rings. The minimum absolute atomic E-state index is 0.129. The van der Waals surface area contributed by atoms with E-state index in [0.717, 1.165) is 44.4 Å². The maximum Gasteiger partial charge on any atom is 0.472 e. The molecule has 0 aliphatic rings. The van der Waals surface area contributed by atoms with Gasteiger partial charge in [0.25, 0.3) is 0 Å². The van der Waals surface area contributed by atoms with E-state index in [2.05, 4.69) is 35.9 Å². The first-order valence-corrected chi connectivity index (χ1v) is 23.9. The zero-order valence-corrected chi connectivity index (χ0v) is 36.8. The van der Waals surface area contributed by atoms with E-state index in [0.29, 0.717) is 12.8 Å². The molecule has 6 N–H and O–H groups in total. The highest BCUT2D eigenvalue weighted by Crippen LogP contribution is 2.43. The van der Waals surface area contributed by atoms with Gasteiger partial charge in [-0.3, -0.25) is 23.2 Å². The van der Waals surface area contributed by atoms with Crippen LogP contribution in [0.2, 0.25) is 0 Å². The van der Waals surface area contributed by atoms with E-state index in [1.54, 1.807) is 36.5 Å². The minimum Gasteiger partial charge on any atom is -0.462 e. The second-order valence-corrected chi connectivity index (χ2v) is 17.5. The Balaban J connectivity index is 4.82. The molecular formula is C41H74O15P2. The smallest absolute Gasteiger partial charge is 0.462 e. The van der Waals surface area contributed by atoms with Gasteiger partial charge in [-0.25, -0.2) is 9.13 Å². The van der Waals surface area contributed by atoms with Gasteiger partial charge in [-0.05, 0) is 44.4 Å². The normalized spacial score (nSPS) is 15.8. The lowest BCUT2D eigenvalue weighted by Gasteiger charge is -2.20. The third-order valence-corrected chi connectivity index (χ3v) is 10.0. The van der Waals surface area contributed by atoms with E-state index in [-0.39, 0.29) is 25.7 Å². The van der Waals surface area contributed by atoms with Gasteiger partial charge in [0.1, 0.15) is 12.7 Å². The second-order valence-electron chi connectivity index (χ2n) is 14.8. The van der Waals surface area contributed by atoms with Gasteiger partial charge in [0, 0.05) is 12.8 Å². The molecule has 0 aromatic heterocycles. The summed E-state index contributed by atoms with van der Waals surface area (Å²) >= 11 is 0. The fourth-order valence-corrected chi connectivity index (χ4v) is 6.47. The van der Waals surface area contributed by atoms with Crippen molar-refractivity contribution in [1.29, 1.82) is 0 Å². The average molecular weight is 869 g/mol. The molecule has 0 spiro atoms. The van der Waals surface area contributed by atoms with Gasteiger partial charge in [-0.15, -0.1) is 0 Å². The summed E-state index contributed by atoms with van der Waals surface area (Å²) in [5.74, 6) is -0.532. The molecule has 0 saturated carbocycles. The topological polar surface area (TPSA) is 236 Å². The number of phosphoric acid groups is 2. The van der Waals surface area contributed by atoms with Crippen LogP contribution in [0.25, 0.3) is 0 Å². The predicted octanol–water partition coefficient (Wildman–Crippen LogP) is 8.08. The number of rotatable bonds is 38. The van der Waals surface area contributed by atoms with Crippen LogP contribution < -0.4 is 0 Å². The van der Waals surface area contributed by atoms with Crippen molar-refractivity contribution in [3.05, 3.63) is 48.6 Å². The Bertz CT molecular complexity index is 1260. The summed E-state index contributed by atoms with van der Waals surface area (Å²) in [6, 6.07) is 0. The van der Waals surface area contributed by atoms with Gasteiger partial charge in [-0.1, -0.05) is 140 Å². The van der Waals surface area contributed by atoms with Crippen molar-refractivity contribution < 1.29 is 71.8 Å². The molecule has 1 unspecified atom stereocenters. The van der Waals surface area contributed by atoms with E-state index >= 15 is 0 Å². The zero-order valence-electron chi connectivity index (χ0n) is 35.0. The third kappa shape index (κ3) is 39.5. The number of carbonyl (C=O) groups excluding carboxylic acids is 2. The van der Waals surface area contributed by atoms with Crippen LogP contribution in [-0.4, -0.2) is 92.8 Å². The molecule has 0 saturated heterocycles. The SMILES string of the molecule is CCCCC/C=C\C[C@H](O)/C=C/C=C/C=C\[C@H](O)CCCC(=O)O[C@H](COC(=O)CCCCCCCCCCCC(C)C)COP(=O)(O)OC[C@@H](O)COP(=O)(O)O. The summed E-state index contributed by atoms with van der Waals surface area (Å²) in [5.41, 5.74) is 0. The Labute approximate surface area is 346 Å². The van der Waals surface area contributed by atoms with Crippen LogP contribution in [0, 0.1) is 5.92 Å². The highest BCUT2D eigenvalue weighted by Gasteiger charge is 2.28. The molecule has 0 amide bonds. The number of esters is 2. The Morgan fingerprint density at radius 2 is 1.17 bits per heavy atom. The monoisotopic (exact) mass is 868 g/mol. The van der Waals surface area contributed by atoms with Crippen LogP contribution in [0.3, 0.4) is 0 Å². The number of unbranched alkanes of at least 4 members (excludes halogenated alkanes) is 11. The fraction of sp³-hybridized carbons (Fsp3) is 0.756. The standard InChI is InChI=1S/C41H74O15P2/c1-4-5-6-7-14-19-25-36(42)26-20-16-17-21-27-37(43)28-23-30-41(46)56-39(34-55-58(50,51)54-32-38(44)31-53-57(47,48)49)33-52-40(45)29-22-15-12-10-8-9-11-13-18-24-35(2)3/h14,16-17,19-21,26-27,35-39,42-44H,4-13,15,18,22-25,28-34H2,1-3H3,(H,50,51)(H2,47,48,49)/b17-16+,19-14-,26-20+,27-21-/t36-,37-,38-,39+/m0/s1. The van der Waals surface area contributed by atoms with Gasteiger partial charge in [0.15, 0.2) is 6.10 Å². The highest BCUT2D eigenvalue weighted by molar-refractivity contribution is 7.47. The molecule has 17 heteroatoms. The molecule has 5 atom stereocenters. The molecule has 338 valence electrons. The van der Waals surface area contributed by atoms with Crippen molar-refractivity contribution in [1.82, 2.24) is 0 Å². The van der Waals surface area contributed by atoms with Crippen LogP contribution >= 0.6 is 15.6 Å². The number of allylic oxidation sites excluding steroid dienone is 5. The summed E-state index contributed by atoms with van der Waals surface area (Å²) in [7, 11) is -9.76. The van der Waals surface area contributed by atoms with Gasteiger partial charge in [0.2, 0.25) is 0 Å². The molecule has 0 aliphatic carbocycles. The fourth-order valence-electron chi connectivity index (χ4n) is 5.31. The lowest BCUT2D eigenvalue weighted by molar-refractivity contribution is -0.161. The lowest BCUT2D eigenvalue weighted by atomic mass is 10.0. The summed E-state index contributed by atoms with van der Waals surface area (Å²) in [5, 5.41) is 30.0. The number of hydrogen-bond acceptors (Lipinski definition) is 12. The molecule has 0 bridgehead atoms. The maximum atomic E-state index is 12.6. The number of carbonyl (C=O) groups is 2. The third-order valence-electron chi connectivity index (χ3n) is 8.58. The second kappa shape index (κ2) is 35.7. The first-order valence-electron chi connectivity index (χ1n) is 20.9. The predicted molar refractivity (Wildman–Crippen MR) is 223 cm³/mol. The molecule has 58 heavy (non-hydrogen) atoms. The largest absolute Gasteiger partial charge is 0.472 e. The maximum absolute atomic E-state index is 12.6. The van der Waals surface area contributed by atoms with Crippen LogP contribution in [0.5, 0.6) is 0 Å². The van der Waals surface area contributed by atoms with Crippen molar-refractivity contribution in [2.45, 2.75) is 167 Å². The zero-order chi connectivity index (χ0) is 43.5. The Morgan fingerprint density at radius 1 is 0.603 bits per heavy atom. The van der Waals surface area contributed by atoms with E-state index in [9.17, 15) is 38.9 Å². The molecular weight excluding hydrogens is 794 g/mol. The highest BCUT2D eigenvalue weighted by atomic mass is 31.2. The first kappa shape index (κ1) is 56.0. The van der Waals surface area contributed by atoms with Gasteiger partial charge < -0.3 is 39.5 Å². The summed E-state index contributed by atoms with van der Waals surface area (Å²) in [4.78, 5) is 52.6. The minimum atomic E-state index is -4.89. The molecule has 0 aliphatic heterocycles. The van der Waals surface area contributed by atoms with Gasteiger partial charge in [0.05, 0.1) is 32.0 Å². The van der Waals surface area contributed by atoms with Gasteiger partial charge >= 0.3 is 27.6 Å². The van der Waals surface area contributed by atoms with Crippen molar-refractivity contribution in [3.63, 3.8) is 0 Å². The molecule has 15 nitrogen and oxygen atoms in total.